The Bertz CT molecular complexity index is 789. The minimum Gasteiger partial charge on any atom is -0.480 e. The van der Waals surface area contributed by atoms with Gasteiger partial charge in [0.25, 0.3) is 0 Å². The maximum absolute atomic E-state index is 12.3. The van der Waals surface area contributed by atoms with Gasteiger partial charge in [-0.2, -0.15) is 0 Å². The van der Waals surface area contributed by atoms with E-state index in [1.54, 1.807) is 50.2 Å². The van der Waals surface area contributed by atoms with Gasteiger partial charge in [0.1, 0.15) is 6.04 Å². The molecule has 0 aliphatic heterocycles. The van der Waals surface area contributed by atoms with Gasteiger partial charge in [-0.25, -0.2) is 4.79 Å². The molecule has 138 valence electrons. The van der Waals surface area contributed by atoms with Crippen LogP contribution in [0.15, 0.2) is 42.5 Å². The standard InChI is InChI=1S/C19H20Cl2N2O3/c1-11(2)17(19(25)26)23-16(24)10-12-6-3-4-9-15(12)22-18-13(20)7-5-8-14(18)21/h3-9,11,17,22H,10H2,1-2H3,(H,23,24)(H,25,26)/t17-/m0/s1. The molecule has 0 aliphatic carbocycles. The van der Waals surface area contributed by atoms with Crippen LogP contribution in [0.2, 0.25) is 10.0 Å². The van der Waals surface area contributed by atoms with Crippen molar-refractivity contribution in [3.8, 4) is 0 Å². The first-order valence-electron chi connectivity index (χ1n) is 8.10. The normalized spacial score (nSPS) is 11.9. The van der Waals surface area contributed by atoms with Crippen LogP contribution in [0.1, 0.15) is 19.4 Å². The number of aliphatic carboxylic acids is 1. The van der Waals surface area contributed by atoms with Crippen LogP contribution < -0.4 is 10.6 Å². The Hall–Kier alpha value is -2.24. The van der Waals surface area contributed by atoms with Crippen molar-refractivity contribution in [1.29, 1.82) is 0 Å². The van der Waals surface area contributed by atoms with E-state index < -0.39 is 12.0 Å². The first-order chi connectivity index (χ1) is 12.3. The molecule has 7 heteroatoms. The van der Waals surface area contributed by atoms with Crippen molar-refractivity contribution in [1.82, 2.24) is 5.32 Å². The molecule has 0 bridgehead atoms. The monoisotopic (exact) mass is 394 g/mol. The van der Waals surface area contributed by atoms with E-state index in [1.165, 1.54) is 0 Å². The number of halogens is 2. The molecule has 0 unspecified atom stereocenters. The lowest BCUT2D eigenvalue weighted by Crippen LogP contribution is -2.44. The molecule has 0 saturated heterocycles. The molecular formula is C19H20Cl2N2O3. The number of para-hydroxylation sites is 2. The van der Waals surface area contributed by atoms with E-state index in [1.807, 2.05) is 6.07 Å². The Balaban J connectivity index is 2.19. The number of carboxylic acids is 1. The number of hydrogen-bond donors (Lipinski definition) is 3. The van der Waals surface area contributed by atoms with Gasteiger partial charge in [-0.1, -0.05) is 61.3 Å². The van der Waals surface area contributed by atoms with Crippen molar-refractivity contribution in [2.45, 2.75) is 26.3 Å². The fourth-order valence-corrected chi connectivity index (χ4v) is 2.95. The van der Waals surface area contributed by atoms with E-state index >= 15 is 0 Å². The van der Waals surface area contributed by atoms with E-state index in [-0.39, 0.29) is 18.2 Å². The summed E-state index contributed by atoms with van der Waals surface area (Å²) in [5.41, 5.74) is 1.93. The van der Waals surface area contributed by atoms with Crippen molar-refractivity contribution >= 4 is 46.5 Å². The van der Waals surface area contributed by atoms with E-state index in [0.29, 0.717) is 27.0 Å². The minimum atomic E-state index is -1.05. The molecule has 26 heavy (non-hydrogen) atoms. The molecule has 2 rings (SSSR count). The Kier molecular flexibility index (Phi) is 6.89. The largest absolute Gasteiger partial charge is 0.480 e. The van der Waals surface area contributed by atoms with Gasteiger partial charge < -0.3 is 15.7 Å². The van der Waals surface area contributed by atoms with Gasteiger partial charge >= 0.3 is 5.97 Å². The summed E-state index contributed by atoms with van der Waals surface area (Å²) in [6.07, 6.45) is 0.0295. The highest BCUT2D eigenvalue weighted by Crippen LogP contribution is 2.33. The molecule has 3 N–H and O–H groups in total. The quantitative estimate of drug-likeness (QED) is 0.645. The van der Waals surface area contributed by atoms with Crippen LogP contribution >= 0.6 is 23.2 Å². The number of rotatable bonds is 7. The maximum Gasteiger partial charge on any atom is 0.326 e. The Morgan fingerprint density at radius 1 is 1.04 bits per heavy atom. The van der Waals surface area contributed by atoms with Crippen molar-refractivity contribution in [2.75, 3.05) is 5.32 Å². The Labute approximate surface area is 162 Å². The lowest BCUT2D eigenvalue weighted by atomic mass is 10.0. The van der Waals surface area contributed by atoms with E-state index in [0.717, 1.165) is 0 Å². The van der Waals surface area contributed by atoms with Crippen LogP contribution in [-0.2, 0) is 16.0 Å². The third kappa shape index (κ3) is 5.13. The number of nitrogens with one attached hydrogen (secondary N) is 2. The Morgan fingerprint density at radius 3 is 2.23 bits per heavy atom. The van der Waals surface area contributed by atoms with Gasteiger partial charge in [0.05, 0.1) is 22.2 Å². The van der Waals surface area contributed by atoms with Crippen molar-refractivity contribution in [3.63, 3.8) is 0 Å². The smallest absolute Gasteiger partial charge is 0.326 e. The summed E-state index contributed by atoms with van der Waals surface area (Å²) in [5, 5.41) is 15.8. The maximum atomic E-state index is 12.3. The molecule has 0 heterocycles. The van der Waals surface area contributed by atoms with Crippen LogP contribution in [0.3, 0.4) is 0 Å². The van der Waals surface area contributed by atoms with Gasteiger partial charge in [0, 0.05) is 5.69 Å². The summed E-state index contributed by atoms with van der Waals surface area (Å²) in [4.78, 5) is 23.6. The molecule has 1 amide bonds. The number of amides is 1. The van der Waals surface area contributed by atoms with Crippen molar-refractivity contribution in [2.24, 2.45) is 5.92 Å². The second-order valence-corrected chi connectivity index (χ2v) is 7.00. The van der Waals surface area contributed by atoms with Crippen LogP contribution in [0.25, 0.3) is 0 Å². The predicted molar refractivity (Wildman–Crippen MR) is 104 cm³/mol. The van der Waals surface area contributed by atoms with Crippen LogP contribution in [-0.4, -0.2) is 23.0 Å². The van der Waals surface area contributed by atoms with Crippen LogP contribution in [0, 0.1) is 5.92 Å². The fraction of sp³-hybridized carbons (Fsp3) is 0.263. The number of carbonyl (C=O) groups excluding carboxylic acids is 1. The Morgan fingerprint density at radius 2 is 1.65 bits per heavy atom. The molecule has 1 atom stereocenters. The average Bonchev–Trinajstić information content (AvgIpc) is 2.57. The summed E-state index contributed by atoms with van der Waals surface area (Å²) in [7, 11) is 0. The summed E-state index contributed by atoms with van der Waals surface area (Å²) in [6, 6.07) is 11.5. The summed E-state index contributed by atoms with van der Waals surface area (Å²) < 4.78 is 0. The number of carbonyl (C=O) groups is 2. The lowest BCUT2D eigenvalue weighted by molar-refractivity contribution is -0.143. The predicted octanol–water partition coefficient (Wildman–Crippen LogP) is 4.50. The van der Waals surface area contributed by atoms with Gasteiger partial charge in [-0.3, -0.25) is 4.79 Å². The molecule has 0 fully saturated rings. The van der Waals surface area contributed by atoms with Gasteiger partial charge in [-0.15, -0.1) is 0 Å². The molecular weight excluding hydrogens is 375 g/mol. The highest BCUT2D eigenvalue weighted by atomic mass is 35.5. The van der Waals surface area contributed by atoms with E-state index in [4.69, 9.17) is 23.2 Å². The summed E-state index contributed by atoms with van der Waals surface area (Å²) in [6.45, 7) is 3.49. The fourth-order valence-electron chi connectivity index (χ4n) is 2.46. The molecule has 0 aliphatic rings. The molecule has 0 aromatic heterocycles. The molecule has 0 radical (unpaired) electrons. The van der Waals surface area contributed by atoms with E-state index in [2.05, 4.69) is 10.6 Å². The van der Waals surface area contributed by atoms with E-state index in [9.17, 15) is 14.7 Å². The molecule has 5 nitrogen and oxygen atoms in total. The number of anilines is 2. The summed E-state index contributed by atoms with van der Waals surface area (Å²) >= 11 is 12.4. The number of benzene rings is 2. The van der Waals surface area contributed by atoms with Gasteiger partial charge in [-0.05, 0) is 29.7 Å². The number of hydrogen-bond acceptors (Lipinski definition) is 3. The third-order valence-corrected chi connectivity index (χ3v) is 4.47. The summed E-state index contributed by atoms with van der Waals surface area (Å²) in [5.74, 6) is -1.64. The zero-order valence-electron chi connectivity index (χ0n) is 14.4. The highest BCUT2D eigenvalue weighted by molar-refractivity contribution is 6.39. The zero-order valence-corrected chi connectivity index (χ0v) is 15.9. The SMILES string of the molecule is CC(C)[C@H](NC(=O)Cc1ccccc1Nc1c(Cl)cccc1Cl)C(=O)O. The highest BCUT2D eigenvalue weighted by Gasteiger charge is 2.23. The van der Waals surface area contributed by atoms with Gasteiger partial charge in [0.15, 0.2) is 0 Å². The van der Waals surface area contributed by atoms with Crippen molar-refractivity contribution < 1.29 is 14.7 Å². The molecule has 2 aromatic rings. The van der Waals surface area contributed by atoms with Crippen molar-refractivity contribution in [3.05, 3.63) is 58.1 Å². The molecule has 0 spiro atoms. The second kappa shape index (κ2) is 8.92. The minimum absolute atomic E-state index is 0.0295. The third-order valence-electron chi connectivity index (χ3n) is 3.84. The lowest BCUT2D eigenvalue weighted by Gasteiger charge is -2.19. The zero-order chi connectivity index (χ0) is 19.3. The van der Waals surface area contributed by atoms with Crippen LogP contribution in [0.5, 0.6) is 0 Å². The van der Waals surface area contributed by atoms with Crippen LogP contribution in [0.4, 0.5) is 11.4 Å². The average molecular weight is 395 g/mol. The number of carboxylic acid groups (broad SMARTS) is 1. The van der Waals surface area contributed by atoms with Gasteiger partial charge in [0.2, 0.25) is 5.91 Å². The molecule has 2 aromatic carbocycles. The first kappa shape index (κ1) is 20.1. The molecule has 0 saturated carbocycles. The topological polar surface area (TPSA) is 78.4 Å². The second-order valence-electron chi connectivity index (χ2n) is 6.18. The first-order valence-corrected chi connectivity index (χ1v) is 8.86.